The van der Waals surface area contributed by atoms with Gasteiger partial charge in [0.25, 0.3) is 17.7 Å². The molecule has 1 atom stereocenters. The number of esters is 1. The number of ether oxygens (including phenoxy) is 1. The number of nitrogens with zero attached hydrogens (tertiary/aromatic N) is 1. The number of nitrogens with one attached hydrogen (secondary N) is 1. The topological polar surface area (TPSA) is 92.8 Å². The Morgan fingerprint density at radius 1 is 0.962 bits per heavy atom. The summed E-state index contributed by atoms with van der Waals surface area (Å²) in [6, 6.07) is 13.9. The van der Waals surface area contributed by atoms with Crippen molar-refractivity contribution < 1.29 is 23.9 Å². The van der Waals surface area contributed by atoms with Crippen molar-refractivity contribution in [3.05, 3.63) is 71.3 Å². The normalized spacial score (nSPS) is 14.0. The molecule has 1 aliphatic heterocycles. The van der Waals surface area contributed by atoms with Gasteiger partial charge in [0.05, 0.1) is 11.1 Å². The molecular weight excluding hydrogens is 336 g/mol. The molecule has 0 unspecified atom stereocenters. The maximum atomic E-state index is 12.2. The van der Waals surface area contributed by atoms with Crippen LogP contribution in [0.15, 0.2) is 54.6 Å². The minimum Gasteiger partial charge on any atom is -0.442 e. The highest BCUT2D eigenvalue weighted by Crippen LogP contribution is 2.22. The van der Waals surface area contributed by atoms with Gasteiger partial charge >= 0.3 is 5.97 Å². The van der Waals surface area contributed by atoms with Crippen LogP contribution in [0.2, 0.25) is 0 Å². The van der Waals surface area contributed by atoms with Gasteiger partial charge in [0.2, 0.25) is 0 Å². The van der Waals surface area contributed by atoms with Gasteiger partial charge in [0.15, 0.2) is 6.73 Å². The van der Waals surface area contributed by atoms with E-state index in [9.17, 15) is 19.2 Å². The minimum absolute atomic E-state index is 0.277. The Balaban J connectivity index is 1.57. The Hall–Kier alpha value is -3.48. The number of fused-ring (bicyclic) bond motifs is 1. The molecule has 26 heavy (non-hydrogen) atoms. The summed E-state index contributed by atoms with van der Waals surface area (Å²) in [5, 5.41) is 2.51. The molecule has 0 saturated carbocycles. The van der Waals surface area contributed by atoms with E-state index in [1.54, 1.807) is 54.6 Å². The molecule has 0 fully saturated rings. The largest absolute Gasteiger partial charge is 0.442 e. The van der Waals surface area contributed by atoms with Crippen LogP contribution in [0.25, 0.3) is 0 Å². The molecule has 0 aliphatic carbocycles. The van der Waals surface area contributed by atoms with Crippen molar-refractivity contribution in [3.63, 3.8) is 0 Å². The quantitative estimate of drug-likeness (QED) is 0.652. The molecule has 0 saturated heterocycles. The average Bonchev–Trinajstić information content (AvgIpc) is 2.91. The van der Waals surface area contributed by atoms with Gasteiger partial charge < -0.3 is 10.1 Å². The molecule has 3 amide bonds. The summed E-state index contributed by atoms with van der Waals surface area (Å²) < 4.78 is 5.03. The van der Waals surface area contributed by atoms with Crippen LogP contribution in [0.1, 0.15) is 38.0 Å². The monoisotopic (exact) mass is 352 g/mol. The van der Waals surface area contributed by atoms with Crippen molar-refractivity contribution in [2.75, 3.05) is 6.73 Å². The predicted molar refractivity (Wildman–Crippen MR) is 91.3 cm³/mol. The SMILES string of the molecule is C[C@H](NC(=O)c1ccccc1)C(=O)OCN1C(=O)c2ccccc2C1=O. The van der Waals surface area contributed by atoms with Crippen LogP contribution >= 0.6 is 0 Å². The maximum Gasteiger partial charge on any atom is 0.330 e. The van der Waals surface area contributed by atoms with Gasteiger partial charge in [0, 0.05) is 5.56 Å². The molecule has 3 rings (SSSR count). The Morgan fingerprint density at radius 3 is 2.08 bits per heavy atom. The van der Waals surface area contributed by atoms with Crippen LogP contribution in [0.3, 0.4) is 0 Å². The maximum absolute atomic E-state index is 12.2. The van der Waals surface area contributed by atoms with E-state index in [4.69, 9.17) is 4.74 Å². The number of hydrogen-bond donors (Lipinski definition) is 1. The Labute approximate surface area is 149 Å². The molecule has 0 bridgehead atoms. The summed E-state index contributed by atoms with van der Waals surface area (Å²) in [5.74, 6) is -2.19. The van der Waals surface area contributed by atoms with E-state index in [1.165, 1.54) is 6.92 Å². The lowest BCUT2D eigenvalue weighted by molar-refractivity contribution is -0.148. The molecule has 1 aliphatic rings. The first kappa shape index (κ1) is 17.3. The van der Waals surface area contributed by atoms with E-state index in [0.29, 0.717) is 5.56 Å². The standard InChI is InChI=1S/C19H16N2O5/c1-12(20-16(22)13-7-3-2-4-8-13)19(25)26-11-21-17(23)14-9-5-6-10-15(14)18(21)24/h2-10,12H,11H2,1H3,(H,20,22)/t12-/m0/s1. The first-order valence-electron chi connectivity index (χ1n) is 7.97. The molecule has 2 aromatic carbocycles. The molecule has 7 nitrogen and oxygen atoms in total. The Bertz CT molecular complexity index is 844. The fraction of sp³-hybridized carbons (Fsp3) is 0.158. The van der Waals surface area contributed by atoms with Gasteiger partial charge in [-0.1, -0.05) is 30.3 Å². The molecule has 0 radical (unpaired) electrons. The lowest BCUT2D eigenvalue weighted by atomic mass is 10.1. The number of benzene rings is 2. The number of hydrogen-bond acceptors (Lipinski definition) is 5. The van der Waals surface area contributed by atoms with Gasteiger partial charge in [-0.2, -0.15) is 0 Å². The third-order valence-electron chi connectivity index (χ3n) is 3.95. The van der Waals surface area contributed by atoms with Crippen LogP contribution in [0.4, 0.5) is 0 Å². The summed E-state index contributed by atoms with van der Waals surface area (Å²) >= 11 is 0. The summed E-state index contributed by atoms with van der Waals surface area (Å²) in [7, 11) is 0. The van der Waals surface area contributed by atoms with Crippen molar-refractivity contribution in [1.29, 1.82) is 0 Å². The summed E-state index contributed by atoms with van der Waals surface area (Å²) in [6.45, 7) is 0.961. The van der Waals surface area contributed by atoms with Crippen molar-refractivity contribution in [2.24, 2.45) is 0 Å². The second kappa shape index (κ2) is 7.18. The van der Waals surface area contributed by atoms with Crippen molar-refractivity contribution in [3.8, 4) is 0 Å². The van der Waals surface area contributed by atoms with Crippen LogP contribution < -0.4 is 5.32 Å². The number of carbonyl (C=O) groups excluding carboxylic acids is 4. The zero-order valence-electron chi connectivity index (χ0n) is 14.0. The first-order chi connectivity index (χ1) is 12.5. The second-order valence-corrected chi connectivity index (χ2v) is 5.74. The summed E-state index contributed by atoms with van der Waals surface area (Å²) in [5.41, 5.74) is 0.963. The Kier molecular flexibility index (Phi) is 4.79. The van der Waals surface area contributed by atoms with Gasteiger partial charge in [-0.25, -0.2) is 9.69 Å². The highest BCUT2D eigenvalue weighted by Gasteiger charge is 2.36. The molecule has 132 valence electrons. The lowest BCUT2D eigenvalue weighted by Crippen LogP contribution is -2.42. The predicted octanol–water partition coefficient (Wildman–Crippen LogP) is 1.60. The van der Waals surface area contributed by atoms with Crippen molar-refractivity contribution in [1.82, 2.24) is 10.2 Å². The minimum atomic E-state index is -0.933. The first-order valence-corrected chi connectivity index (χ1v) is 7.97. The van der Waals surface area contributed by atoms with Crippen LogP contribution in [-0.2, 0) is 9.53 Å². The number of carbonyl (C=O) groups is 4. The van der Waals surface area contributed by atoms with E-state index < -0.39 is 36.5 Å². The van der Waals surface area contributed by atoms with E-state index in [1.807, 2.05) is 0 Å². The number of amides is 3. The fourth-order valence-electron chi connectivity index (χ4n) is 2.54. The highest BCUT2D eigenvalue weighted by atomic mass is 16.5. The molecule has 2 aromatic rings. The van der Waals surface area contributed by atoms with Gasteiger partial charge in [0.1, 0.15) is 6.04 Å². The summed E-state index contributed by atoms with van der Waals surface area (Å²) in [4.78, 5) is 49.4. The van der Waals surface area contributed by atoms with E-state index in [0.717, 1.165) is 4.90 Å². The lowest BCUT2D eigenvalue weighted by Gasteiger charge is -2.17. The fourth-order valence-corrected chi connectivity index (χ4v) is 2.54. The second-order valence-electron chi connectivity index (χ2n) is 5.74. The third-order valence-corrected chi connectivity index (χ3v) is 3.95. The van der Waals surface area contributed by atoms with Gasteiger partial charge in [-0.15, -0.1) is 0 Å². The molecule has 0 spiro atoms. The molecule has 1 N–H and O–H groups in total. The van der Waals surface area contributed by atoms with Crippen LogP contribution in [0, 0.1) is 0 Å². The highest BCUT2D eigenvalue weighted by molar-refractivity contribution is 6.21. The Morgan fingerprint density at radius 2 is 1.50 bits per heavy atom. The van der Waals surface area contributed by atoms with Crippen LogP contribution in [0.5, 0.6) is 0 Å². The van der Waals surface area contributed by atoms with E-state index >= 15 is 0 Å². The zero-order valence-corrected chi connectivity index (χ0v) is 14.0. The summed E-state index contributed by atoms with van der Waals surface area (Å²) in [6.07, 6.45) is 0. The molecule has 7 heteroatoms. The average molecular weight is 352 g/mol. The smallest absolute Gasteiger partial charge is 0.330 e. The number of imide groups is 1. The van der Waals surface area contributed by atoms with E-state index in [-0.39, 0.29) is 11.1 Å². The molecular formula is C19H16N2O5. The van der Waals surface area contributed by atoms with E-state index in [2.05, 4.69) is 5.32 Å². The molecule has 0 aromatic heterocycles. The van der Waals surface area contributed by atoms with Gasteiger partial charge in [-0.3, -0.25) is 14.4 Å². The van der Waals surface area contributed by atoms with Crippen molar-refractivity contribution in [2.45, 2.75) is 13.0 Å². The van der Waals surface area contributed by atoms with Crippen LogP contribution in [-0.4, -0.2) is 41.4 Å². The number of rotatable bonds is 5. The third kappa shape index (κ3) is 3.32. The van der Waals surface area contributed by atoms with Crippen molar-refractivity contribution >= 4 is 23.7 Å². The molecule has 1 heterocycles. The zero-order chi connectivity index (χ0) is 18.7. The van der Waals surface area contributed by atoms with Gasteiger partial charge in [-0.05, 0) is 31.2 Å².